The van der Waals surface area contributed by atoms with Gasteiger partial charge < -0.3 is 15.5 Å². The summed E-state index contributed by atoms with van der Waals surface area (Å²) in [4.78, 5) is 16.3. The largest absolute Gasteiger partial charge is 0.390 e. The highest BCUT2D eigenvalue weighted by Gasteiger charge is 2.22. The molecule has 3 rings (SSSR count). The summed E-state index contributed by atoms with van der Waals surface area (Å²) < 4.78 is 0. The summed E-state index contributed by atoms with van der Waals surface area (Å²) in [6.45, 7) is 3.99. The van der Waals surface area contributed by atoms with Gasteiger partial charge in [-0.3, -0.25) is 4.79 Å². The zero-order valence-corrected chi connectivity index (χ0v) is 12.8. The van der Waals surface area contributed by atoms with Gasteiger partial charge in [-0.2, -0.15) is 0 Å². The van der Waals surface area contributed by atoms with Gasteiger partial charge in [0.25, 0.3) is 0 Å². The quantitative estimate of drug-likeness (QED) is 0.889. The number of hydrogen-bond acceptors (Lipinski definition) is 4. The minimum Gasteiger partial charge on any atom is -0.390 e. The Bertz CT molecular complexity index is 605. The van der Waals surface area contributed by atoms with Crippen LogP contribution in [0.25, 0.3) is 5.57 Å². The lowest BCUT2D eigenvalue weighted by Gasteiger charge is -2.14. The zero-order chi connectivity index (χ0) is 15.4. The molecule has 0 bridgehead atoms. The first-order valence-corrected chi connectivity index (χ1v) is 7.70. The average Bonchev–Trinajstić information content (AvgIpc) is 3.03. The lowest BCUT2D eigenvalue weighted by Crippen LogP contribution is -2.30. The molecule has 0 radical (unpaired) electrons. The Kier molecular flexibility index (Phi) is 4.53. The van der Waals surface area contributed by atoms with Gasteiger partial charge in [-0.15, -0.1) is 0 Å². The number of oxime groups is 1. The molecule has 0 aliphatic carbocycles. The molecular weight excluding hydrogens is 278 g/mol. The number of rotatable bonds is 4. The third-order valence-electron chi connectivity index (χ3n) is 3.96. The van der Waals surface area contributed by atoms with Crippen LogP contribution in [-0.4, -0.2) is 37.4 Å². The van der Waals surface area contributed by atoms with Crippen molar-refractivity contribution in [1.29, 1.82) is 0 Å². The zero-order valence-electron chi connectivity index (χ0n) is 12.8. The Balaban J connectivity index is 1.61. The standard InChI is InChI=1S/C17H21N3O2/c1-12(21)19-11-16-10-17(20-22-16)15-4-2-13(3-5-15)14-6-8-18-9-7-14/h2-6,16,18H,7-11H2,1H3,(H,19,21)/t16-/m1/s1. The normalized spacial score (nSPS) is 20.9. The molecule has 0 saturated heterocycles. The summed E-state index contributed by atoms with van der Waals surface area (Å²) in [7, 11) is 0. The Hall–Kier alpha value is -2.14. The van der Waals surface area contributed by atoms with E-state index in [1.807, 2.05) is 0 Å². The maximum Gasteiger partial charge on any atom is 0.217 e. The topological polar surface area (TPSA) is 62.7 Å². The van der Waals surface area contributed by atoms with Crippen molar-refractivity contribution >= 4 is 17.2 Å². The van der Waals surface area contributed by atoms with Crippen molar-refractivity contribution in [3.63, 3.8) is 0 Å². The van der Waals surface area contributed by atoms with Gasteiger partial charge in [0.2, 0.25) is 5.91 Å². The van der Waals surface area contributed by atoms with Crippen LogP contribution in [0.15, 0.2) is 35.5 Å². The highest BCUT2D eigenvalue weighted by atomic mass is 16.6. The molecule has 22 heavy (non-hydrogen) atoms. The predicted molar refractivity (Wildman–Crippen MR) is 86.6 cm³/mol. The summed E-state index contributed by atoms with van der Waals surface area (Å²) in [5, 5.41) is 10.2. The summed E-state index contributed by atoms with van der Waals surface area (Å²) in [6.07, 6.45) is 3.98. The van der Waals surface area contributed by atoms with E-state index in [1.165, 1.54) is 18.1 Å². The second kappa shape index (κ2) is 6.75. The number of carbonyl (C=O) groups excluding carboxylic acids is 1. The summed E-state index contributed by atoms with van der Waals surface area (Å²) in [6, 6.07) is 8.49. The molecule has 0 saturated carbocycles. The number of benzene rings is 1. The Labute approximate surface area is 130 Å². The molecular formula is C17H21N3O2. The SMILES string of the molecule is CC(=O)NC[C@H]1CC(c2ccc(C3=CCNCC3)cc2)=NO1. The van der Waals surface area contributed by atoms with Crippen molar-refractivity contribution in [2.45, 2.75) is 25.9 Å². The van der Waals surface area contributed by atoms with Crippen molar-refractivity contribution < 1.29 is 9.63 Å². The molecule has 116 valence electrons. The predicted octanol–water partition coefficient (Wildman–Crippen LogP) is 1.69. The highest BCUT2D eigenvalue weighted by molar-refractivity contribution is 6.01. The fourth-order valence-electron chi connectivity index (χ4n) is 2.73. The average molecular weight is 299 g/mol. The second-order valence-electron chi connectivity index (χ2n) is 5.67. The lowest BCUT2D eigenvalue weighted by molar-refractivity contribution is -0.119. The van der Waals surface area contributed by atoms with E-state index in [9.17, 15) is 4.79 Å². The van der Waals surface area contributed by atoms with Crippen LogP contribution < -0.4 is 10.6 Å². The van der Waals surface area contributed by atoms with Crippen LogP contribution in [0, 0.1) is 0 Å². The van der Waals surface area contributed by atoms with E-state index >= 15 is 0 Å². The molecule has 0 aromatic heterocycles. The van der Waals surface area contributed by atoms with E-state index in [1.54, 1.807) is 0 Å². The first-order chi connectivity index (χ1) is 10.7. The number of nitrogens with zero attached hydrogens (tertiary/aromatic N) is 1. The molecule has 0 fully saturated rings. The van der Waals surface area contributed by atoms with E-state index in [0.29, 0.717) is 6.54 Å². The minimum absolute atomic E-state index is 0.0448. The molecule has 2 N–H and O–H groups in total. The monoisotopic (exact) mass is 299 g/mol. The molecule has 1 aromatic rings. The van der Waals surface area contributed by atoms with E-state index in [2.05, 4.69) is 46.1 Å². The van der Waals surface area contributed by atoms with Gasteiger partial charge >= 0.3 is 0 Å². The minimum atomic E-state index is -0.0642. The second-order valence-corrected chi connectivity index (χ2v) is 5.67. The van der Waals surface area contributed by atoms with E-state index in [4.69, 9.17) is 4.84 Å². The molecule has 2 aliphatic rings. The van der Waals surface area contributed by atoms with Crippen LogP contribution in [0.3, 0.4) is 0 Å². The lowest BCUT2D eigenvalue weighted by atomic mass is 9.97. The smallest absolute Gasteiger partial charge is 0.217 e. The first-order valence-electron chi connectivity index (χ1n) is 7.70. The molecule has 2 aliphatic heterocycles. The summed E-state index contributed by atoms with van der Waals surface area (Å²) in [5.74, 6) is -0.0448. The van der Waals surface area contributed by atoms with Gasteiger partial charge in [-0.25, -0.2) is 0 Å². The Morgan fingerprint density at radius 3 is 2.82 bits per heavy atom. The van der Waals surface area contributed by atoms with Crippen molar-refractivity contribution in [2.24, 2.45) is 5.16 Å². The van der Waals surface area contributed by atoms with Crippen molar-refractivity contribution in [3.8, 4) is 0 Å². The van der Waals surface area contributed by atoms with Crippen LogP contribution in [-0.2, 0) is 9.63 Å². The van der Waals surface area contributed by atoms with Crippen molar-refractivity contribution in [1.82, 2.24) is 10.6 Å². The van der Waals surface area contributed by atoms with Crippen molar-refractivity contribution in [2.75, 3.05) is 19.6 Å². The number of carbonyl (C=O) groups is 1. The Morgan fingerprint density at radius 2 is 2.14 bits per heavy atom. The van der Waals surface area contributed by atoms with Gasteiger partial charge in [0.05, 0.1) is 12.3 Å². The molecule has 1 atom stereocenters. The van der Waals surface area contributed by atoms with E-state index < -0.39 is 0 Å². The van der Waals surface area contributed by atoms with E-state index in [0.717, 1.165) is 37.2 Å². The van der Waals surface area contributed by atoms with Gasteiger partial charge in [0.15, 0.2) is 0 Å². The van der Waals surface area contributed by atoms with Gasteiger partial charge in [-0.05, 0) is 29.7 Å². The van der Waals surface area contributed by atoms with Gasteiger partial charge in [-0.1, -0.05) is 35.5 Å². The Morgan fingerprint density at radius 1 is 1.36 bits per heavy atom. The molecule has 1 aromatic carbocycles. The fraction of sp³-hybridized carbons (Fsp3) is 0.412. The van der Waals surface area contributed by atoms with E-state index in [-0.39, 0.29) is 12.0 Å². The molecule has 0 spiro atoms. The highest BCUT2D eigenvalue weighted by Crippen LogP contribution is 2.22. The van der Waals surface area contributed by atoms with Crippen LogP contribution in [0.1, 0.15) is 30.9 Å². The van der Waals surface area contributed by atoms with Crippen LogP contribution >= 0.6 is 0 Å². The third kappa shape index (κ3) is 3.54. The molecule has 2 heterocycles. The van der Waals surface area contributed by atoms with Crippen molar-refractivity contribution in [3.05, 3.63) is 41.5 Å². The van der Waals surface area contributed by atoms with Crippen LogP contribution in [0.5, 0.6) is 0 Å². The van der Waals surface area contributed by atoms with Gasteiger partial charge in [0.1, 0.15) is 6.10 Å². The number of hydrogen-bond donors (Lipinski definition) is 2. The first kappa shape index (κ1) is 14.8. The molecule has 5 nitrogen and oxygen atoms in total. The maximum absolute atomic E-state index is 10.9. The van der Waals surface area contributed by atoms with Crippen LogP contribution in [0.4, 0.5) is 0 Å². The number of amides is 1. The molecule has 0 unspecified atom stereocenters. The molecule has 5 heteroatoms. The van der Waals surface area contributed by atoms with Crippen LogP contribution in [0.2, 0.25) is 0 Å². The molecule has 1 amide bonds. The summed E-state index contributed by atoms with van der Waals surface area (Å²) >= 11 is 0. The summed E-state index contributed by atoms with van der Waals surface area (Å²) in [5.41, 5.74) is 4.71. The maximum atomic E-state index is 10.9. The third-order valence-corrected chi connectivity index (χ3v) is 3.96. The number of nitrogens with one attached hydrogen (secondary N) is 2. The van der Waals surface area contributed by atoms with Gasteiger partial charge in [0, 0.05) is 19.9 Å². The fourth-order valence-corrected chi connectivity index (χ4v) is 2.73.